The number of carbonyl (C=O) groups is 1. The summed E-state index contributed by atoms with van der Waals surface area (Å²) in [5.74, 6) is -0.397. The second kappa shape index (κ2) is 9.06. The van der Waals surface area contributed by atoms with Crippen molar-refractivity contribution >= 4 is 17.7 Å². The van der Waals surface area contributed by atoms with Crippen molar-refractivity contribution in [1.29, 1.82) is 5.26 Å². The maximum atomic E-state index is 12.8. The summed E-state index contributed by atoms with van der Waals surface area (Å²) in [5.41, 5.74) is 9.50. The lowest BCUT2D eigenvalue weighted by molar-refractivity contribution is -0.112. The second-order valence-corrected chi connectivity index (χ2v) is 7.97. The van der Waals surface area contributed by atoms with Crippen LogP contribution in [-0.2, 0) is 11.2 Å². The normalized spacial score (nSPS) is 11.3. The van der Waals surface area contributed by atoms with E-state index in [1.807, 2.05) is 45.0 Å². The Morgan fingerprint density at radius 1 is 1.06 bits per heavy atom. The first-order valence-corrected chi connectivity index (χ1v) is 10.6. The number of para-hydroxylation sites is 1. The van der Waals surface area contributed by atoms with Gasteiger partial charge in [-0.3, -0.25) is 4.79 Å². The molecule has 3 rings (SSSR count). The molecule has 31 heavy (non-hydrogen) atoms. The molecule has 0 spiro atoms. The monoisotopic (exact) mass is 411 g/mol. The summed E-state index contributed by atoms with van der Waals surface area (Å²) in [4.78, 5) is 12.8. The molecule has 4 nitrogen and oxygen atoms in total. The molecule has 3 aromatic rings. The van der Waals surface area contributed by atoms with Crippen LogP contribution in [0.3, 0.4) is 0 Å². The number of nitriles is 1. The van der Waals surface area contributed by atoms with Gasteiger partial charge in [0.25, 0.3) is 5.91 Å². The van der Waals surface area contributed by atoms with Crippen molar-refractivity contribution in [2.24, 2.45) is 0 Å². The van der Waals surface area contributed by atoms with Crippen molar-refractivity contribution in [2.75, 3.05) is 5.32 Å². The summed E-state index contributed by atoms with van der Waals surface area (Å²) in [5, 5.41) is 12.6. The zero-order valence-corrected chi connectivity index (χ0v) is 19.1. The quantitative estimate of drug-likeness (QED) is 0.406. The van der Waals surface area contributed by atoms with E-state index in [1.165, 1.54) is 16.8 Å². The largest absolute Gasteiger partial charge is 0.321 e. The highest BCUT2D eigenvalue weighted by molar-refractivity contribution is 6.10. The van der Waals surface area contributed by atoms with Crippen LogP contribution >= 0.6 is 0 Å². The smallest absolute Gasteiger partial charge is 0.266 e. The Bertz CT molecular complexity index is 1220. The number of benzene rings is 2. The molecule has 0 saturated carbocycles. The third-order valence-electron chi connectivity index (χ3n) is 5.91. The molecule has 158 valence electrons. The van der Waals surface area contributed by atoms with Crippen LogP contribution in [0.5, 0.6) is 0 Å². The molecule has 0 aliphatic carbocycles. The van der Waals surface area contributed by atoms with Gasteiger partial charge in [-0.25, -0.2) is 0 Å². The fourth-order valence-corrected chi connectivity index (χ4v) is 3.98. The minimum absolute atomic E-state index is 0.0849. The van der Waals surface area contributed by atoms with Crippen LogP contribution in [0.1, 0.15) is 46.1 Å². The van der Waals surface area contributed by atoms with Crippen molar-refractivity contribution < 1.29 is 4.79 Å². The highest BCUT2D eigenvalue weighted by Gasteiger charge is 2.17. The molecule has 0 atom stereocenters. The van der Waals surface area contributed by atoms with E-state index >= 15 is 0 Å². The van der Waals surface area contributed by atoms with Crippen molar-refractivity contribution in [3.63, 3.8) is 0 Å². The Labute approximate surface area is 184 Å². The Balaban J connectivity index is 2.02. The van der Waals surface area contributed by atoms with Crippen LogP contribution in [0.15, 0.2) is 48.0 Å². The first-order valence-electron chi connectivity index (χ1n) is 10.6. The van der Waals surface area contributed by atoms with E-state index in [-0.39, 0.29) is 5.57 Å². The van der Waals surface area contributed by atoms with Gasteiger partial charge in [-0.1, -0.05) is 37.3 Å². The number of nitrogens with zero attached hydrogens (tertiary/aromatic N) is 2. The SMILES string of the molecule is CCc1cccc(C)c1-n1c(C)cc(C=C(C#N)C(=O)Nc2cccc(C)c2C)c1C. The van der Waals surface area contributed by atoms with Crippen LogP contribution in [0.2, 0.25) is 0 Å². The maximum Gasteiger partial charge on any atom is 0.266 e. The van der Waals surface area contributed by atoms with Crippen LogP contribution < -0.4 is 5.32 Å². The second-order valence-electron chi connectivity index (χ2n) is 7.97. The zero-order valence-electron chi connectivity index (χ0n) is 19.1. The van der Waals surface area contributed by atoms with Crippen LogP contribution in [0.4, 0.5) is 5.69 Å². The summed E-state index contributed by atoms with van der Waals surface area (Å²) < 4.78 is 2.22. The van der Waals surface area contributed by atoms with Gasteiger partial charge in [0.2, 0.25) is 0 Å². The van der Waals surface area contributed by atoms with Gasteiger partial charge >= 0.3 is 0 Å². The average Bonchev–Trinajstić information content (AvgIpc) is 3.02. The van der Waals surface area contributed by atoms with E-state index in [0.717, 1.165) is 40.2 Å². The number of hydrogen-bond acceptors (Lipinski definition) is 2. The molecule has 0 radical (unpaired) electrons. The molecule has 0 aliphatic rings. The Hall–Kier alpha value is -3.58. The topological polar surface area (TPSA) is 57.8 Å². The number of aryl methyl sites for hydroxylation is 4. The minimum atomic E-state index is -0.397. The molecule has 0 saturated heterocycles. The predicted octanol–water partition coefficient (Wildman–Crippen LogP) is 6.13. The lowest BCUT2D eigenvalue weighted by atomic mass is 10.1. The van der Waals surface area contributed by atoms with E-state index < -0.39 is 5.91 Å². The van der Waals surface area contributed by atoms with Crippen LogP contribution in [0.25, 0.3) is 11.8 Å². The third-order valence-corrected chi connectivity index (χ3v) is 5.91. The van der Waals surface area contributed by atoms with Gasteiger partial charge in [-0.05, 0) is 87.1 Å². The summed E-state index contributed by atoms with van der Waals surface area (Å²) in [6.45, 7) is 12.3. The number of hydrogen-bond donors (Lipinski definition) is 1. The van der Waals surface area contributed by atoms with Gasteiger partial charge in [-0.15, -0.1) is 0 Å². The Morgan fingerprint density at radius 2 is 1.74 bits per heavy atom. The molecule has 1 aromatic heterocycles. The predicted molar refractivity (Wildman–Crippen MR) is 127 cm³/mol. The molecule has 2 aromatic carbocycles. The molecule has 4 heteroatoms. The standard InChI is InChI=1S/C27H29N3O/c1-7-22-12-8-11-18(3)26(22)30-19(4)14-23(21(30)6)15-24(16-28)27(31)29-25-13-9-10-17(2)20(25)5/h8-15H,7H2,1-6H3,(H,29,31). The van der Waals surface area contributed by atoms with E-state index in [4.69, 9.17) is 0 Å². The number of carbonyl (C=O) groups excluding carboxylic acids is 1. The van der Waals surface area contributed by atoms with Gasteiger partial charge in [0.05, 0.1) is 5.69 Å². The Kier molecular flexibility index (Phi) is 6.46. The number of anilines is 1. The Morgan fingerprint density at radius 3 is 2.42 bits per heavy atom. The van der Waals surface area contributed by atoms with Gasteiger partial charge in [0.1, 0.15) is 11.6 Å². The average molecular weight is 412 g/mol. The minimum Gasteiger partial charge on any atom is -0.321 e. The third kappa shape index (κ3) is 4.32. The van der Waals surface area contributed by atoms with E-state index in [0.29, 0.717) is 0 Å². The summed E-state index contributed by atoms with van der Waals surface area (Å²) in [6.07, 6.45) is 2.62. The molecule has 1 amide bonds. The van der Waals surface area contributed by atoms with Gasteiger partial charge in [-0.2, -0.15) is 5.26 Å². The maximum absolute atomic E-state index is 12.8. The fourth-order valence-electron chi connectivity index (χ4n) is 3.98. The fraction of sp³-hybridized carbons (Fsp3) is 0.259. The van der Waals surface area contributed by atoms with Crippen molar-refractivity contribution in [2.45, 2.75) is 48.0 Å². The summed E-state index contributed by atoms with van der Waals surface area (Å²) in [7, 11) is 0. The van der Waals surface area contributed by atoms with Gasteiger partial charge < -0.3 is 9.88 Å². The lowest BCUT2D eigenvalue weighted by Gasteiger charge is -2.17. The molecule has 1 N–H and O–H groups in total. The van der Waals surface area contributed by atoms with Gasteiger partial charge in [0.15, 0.2) is 0 Å². The molecular formula is C27H29N3O. The van der Waals surface area contributed by atoms with E-state index in [1.54, 1.807) is 6.08 Å². The van der Waals surface area contributed by atoms with Crippen molar-refractivity contribution in [3.8, 4) is 11.8 Å². The van der Waals surface area contributed by atoms with Crippen molar-refractivity contribution in [3.05, 3.63) is 87.2 Å². The van der Waals surface area contributed by atoms with E-state index in [9.17, 15) is 10.1 Å². The van der Waals surface area contributed by atoms with Crippen LogP contribution in [-0.4, -0.2) is 10.5 Å². The molecule has 1 heterocycles. The highest BCUT2D eigenvalue weighted by Crippen LogP contribution is 2.28. The highest BCUT2D eigenvalue weighted by atomic mass is 16.1. The number of amides is 1. The number of rotatable bonds is 5. The summed E-state index contributed by atoms with van der Waals surface area (Å²) >= 11 is 0. The van der Waals surface area contributed by atoms with Crippen LogP contribution in [0, 0.1) is 45.9 Å². The lowest BCUT2D eigenvalue weighted by Crippen LogP contribution is -2.14. The molecule has 0 aliphatic heterocycles. The molecule has 0 fully saturated rings. The zero-order chi connectivity index (χ0) is 22.7. The molecule has 0 unspecified atom stereocenters. The van der Waals surface area contributed by atoms with E-state index in [2.05, 4.69) is 54.9 Å². The first-order chi connectivity index (χ1) is 14.8. The number of nitrogens with one attached hydrogen (secondary N) is 1. The van der Waals surface area contributed by atoms with Gasteiger partial charge in [0, 0.05) is 17.1 Å². The first kappa shape index (κ1) is 22.1. The summed E-state index contributed by atoms with van der Waals surface area (Å²) in [6, 6.07) is 16.2. The van der Waals surface area contributed by atoms with Crippen molar-refractivity contribution in [1.82, 2.24) is 4.57 Å². The molecular weight excluding hydrogens is 382 g/mol. The number of aromatic nitrogens is 1. The molecule has 0 bridgehead atoms.